The molecular weight excluding hydrogens is 476 g/mol. The standard InChI is InChI=1S/C35H46N4/c1-33(2,3)20-27-22-39(38-37-27)28-12-15-34(4)26(19-28)8-9-29-31-11-10-30(35(31,5)16-13-32(29)34)24-7-6-23-14-17-36-21-25(23)18-24/h6-7,10,14,17-18,21-22,26,28-29,31-32H,8-9,11-13,15-16,19-20H2,1-5H3/t26-,28-,29-,31-,32-,34-,35+/m0/s1. The summed E-state index contributed by atoms with van der Waals surface area (Å²) in [5.74, 6) is 3.35. The lowest BCUT2D eigenvalue weighted by Crippen LogP contribution is -2.53. The Hall–Kier alpha value is -2.49. The van der Waals surface area contributed by atoms with Crippen LogP contribution < -0.4 is 0 Å². The molecular formula is C35H46N4. The first-order valence-corrected chi connectivity index (χ1v) is 15.6. The molecule has 2 heterocycles. The van der Waals surface area contributed by atoms with Gasteiger partial charge in [-0.2, -0.15) is 0 Å². The van der Waals surface area contributed by atoms with E-state index in [1.54, 1.807) is 5.57 Å². The highest BCUT2D eigenvalue weighted by Crippen LogP contribution is 2.68. The second-order valence-electron chi connectivity index (χ2n) is 15.3. The van der Waals surface area contributed by atoms with Crippen molar-refractivity contribution in [2.45, 2.75) is 98.4 Å². The molecule has 0 amide bonds. The number of rotatable bonds is 3. The van der Waals surface area contributed by atoms with Crippen molar-refractivity contribution in [2.24, 2.45) is 39.9 Å². The van der Waals surface area contributed by atoms with Crippen LogP contribution in [0.3, 0.4) is 0 Å². The Morgan fingerprint density at radius 2 is 1.85 bits per heavy atom. The van der Waals surface area contributed by atoms with Crippen LogP contribution in [0.1, 0.15) is 103 Å². The first-order valence-electron chi connectivity index (χ1n) is 15.6. The van der Waals surface area contributed by atoms with Crippen molar-refractivity contribution in [3.05, 3.63) is 60.2 Å². The van der Waals surface area contributed by atoms with Crippen LogP contribution in [0.5, 0.6) is 0 Å². The summed E-state index contributed by atoms with van der Waals surface area (Å²) in [6, 6.07) is 9.70. The molecule has 0 saturated heterocycles. The summed E-state index contributed by atoms with van der Waals surface area (Å²) in [6.07, 6.45) is 20.5. The molecule has 7 atom stereocenters. The normalized spacial score (nSPS) is 36.2. The average Bonchev–Trinajstić information content (AvgIpc) is 3.50. The Labute approximate surface area is 234 Å². The first kappa shape index (κ1) is 25.5. The van der Waals surface area contributed by atoms with E-state index in [4.69, 9.17) is 0 Å². The van der Waals surface area contributed by atoms with Crippen LogP contribution in [0.15, 0.2) is 48.9 Å². The van der Waals surface area contributed by atoms with E-state index in [9.17, 15) is 0 Å². The van der Waals surface area contributed by atoms with Gasteiger partial charge in [-0.15, -0.1) is 5.10 Å². The van der Waals surface area contributed by atoms with E-state index in [0.29, 0.717) is 16.9 Å². The van der Waals surface area contributed by atoms with Gasteiger partial charge in [0.15, 0.2) is 0 Å². The van der Waals surface area contributed by atoms with E-state index < -0.39 is 0 Å². The van der Waals surface area contributed by atoms with Gasteiger partial charge in [0.2, 0.25) is 0 Å². The number of hydrogen-bond donors (Lipinski definition) is 0. The molecule has 4 heteroatoms. The highest BCUT2D eigenvalue weighted by molar-refractivity contribution is 5.86. The van der Waals surface area contributed by atoms with Crippen LogP contribution in [-0.2, 0) is 6.42 Å². The van der Waals surface area contributed by atoms with Crippen LogP contribution in [0.25, 0.3) is 16.3 Å². The zero-order chi connectivity index (χ0) is 27.0. The molecule has 3 fully saturated rings. The third-order valence-corrected chi connectivity index (χ3v) is 11.8. The summed E-state index contributed by atoms with van der Waals surface area (Å²) in [4.78, 5) is 4.39. The molecule has 2 aromatic heterocycles. The molecule has 4 nitrogen and oxygen atoms in total. The molecule has 4 aliphatic rings. The van der Waals surface area contributed by atoms with Gasteiger partial charge in [-0.25, -0.2) is 4.68 Å². The zero-order valence-electron chi connectivity index (χ0n) is 24.7. The fraction of sp³-hybridized carbons (Fsp3) is 0.629. The molecule has 39 heavy (non-hydrogen) atoms. The minimum atomic E-state index is 0.250. The first-order chi connectivity index (χ1) is 18.6. The van der Waals surface area contributed by atoms with Crippen molar-refractivity contribution >= 4 is 16.3 Å². The summed E-state index contributed by atoms with van der Waals surface area (Å²) >= 11 is 0. The topological polar surface area (TPSA) is 43.6 Å². The molecule has 206 valence electrons. The highest BCUT2D eigenvalue weighted by atomic mass is 15.4. The summed E-state index contributed by atoms with van der Waals surface area (Å²) < 4.78 is 2.23. The van der Waals surface area contributed by atoms with E-state index >= 15 is 0 Å². The number of nitrogens with zero attached hydrogens (tertiary/aromatic N) is 4. The predicted octanol–water partition coefficient (Wildman–Crippen LogP) is 8.69. The van der Waals surface area contributed by atoms with Gasteiger partial charge in [-0.05, 0) is 126 Å². The van der Waals surface area contributed by atoms with Crippen molar-refractivity contribution in [3.8, 4) is 0 Å². The largest absolute Gasteiger partial charge is 0.264 e. The average molecular weight is 523 g/mol. The summed E-state index contributed by atoms with van der Waals surface area (Å²) in [5.41, 5.74) is 5.23. The molecule has 3 aromatic rings. The Balaban J connectivity index is 1.09. The van der Waals surface area contributed by atoms with Gasteiger partial charge < -0.3 is 0 Å². The van der Waals surface area contributed by atoms with Crippen molar-refractivity contribution < 1.29 is 0 Å². The van der Waals surface area contributed by atoms with Gasteiger partial charge >= 0.3 is 0 Å². The van der Waals surface area contributed by atoms with Gasteiger partial charge in [-0.3, -0.25) is 4.98 Å². The van der Waals surface area contributed by atoms with Crippen molar-refractivity contribution in [3.63, 3.8) is 0 Å². The quantitative estimate of drug-likeness (QED) is 0.345. The fourth-order valence-corrected chi connectivity index (χ4v) is 9.86. The van der Waals surface area contributed by atoms with Crippen molar-refractivity contribution in [1.29, 1.82) is 0 Å². The van der Waals surface area contributed by atoms with Crippen LogP contribution in [0, 0.1) is 39.9 Å². The highest BCUT2D eigenvalue weighted by Gasteiger charge is 2.58. The minimum absolute atomic E-state index is 0.250. The maximum Gasteiger partial charge on any atom is 0.0832 e. The summed E-state index contributed by atoms with van der Waals surface area (Å²) in [7, 11) is 0. The fourth-order valence-electron chi connectivity index (χ4n) is 9.86. The van der Waals surface area contributed by atoms with Crippen LogP contribution in [0.2, 0.25) is 0 Å². The molecule has 0 bridgehead atoms. The molecule has 4 aliphatic carbocycles. The lowest BCUT2D eigenvalue weighted by molar-refractivity contribution is -0.103. The minimum Gasteiger partial charge on any atom is -0.264 e. The second kappa shape index (κ2) is 9.01. The molecule has 1 aromatic carbocycles. The molecule has 0 radical (unpaired) electrons. The van der Waals surface area contributed by atoms with Gasteiger partial charge in [-0.1, -0.05) is 58.0 Å². The SMILES string of the molecule is CC(C)(C)Cc1cn([C@H]2CC[C@@]3(C)[C@@H](CC[C@@H]4[C@@H]3CC[C@]3(C)C(c5ccc6ccncc6c5)=CC[C@@H]43)C2)nn1. The number of hydrogen-bond acceptors (Lipinski definition) is 3. The Morgan fingerprint density at radius 3 is 2.69 bits per heavy atom. The van der Waals surface area contributed by atoms with E-state index in [1.807, 2.05) is 12.4 Å². The van der Waals surface area contributed by atoms with Gasteiger partial charge in [0.05, 0.1) is 11.7 Å². The number of pyridine rings is 1. The van der Waals surface area contributed by atoms with Gasteiger partial charge in [0, 0.05) is 24.0 Å². The van der Waals surface area contributed by atoms with E-state index in [-0.39, 0.29) is 5.41 Å². The predicted molar refractivity (Wildman–Crippen MR) is 159 cm³/mol. The number of benzene rings is 1. The maximum absolute atomic E-state index is 4.63. The number of aromatic nitrogens is 4. The molecule has 0 N–H and O–H groups in total. The zero-order valence-corrected chi connectivity index (χ0v) is 24.7. The van der Waals surface area contributed by atoms with Crippen LogP contribution in [0.4, 0.5) is 0 Å². The molecule has 3 saturated carbocycles. The molecule has 0 unspecified atom stereocenters. The van der Waals surface area contributed by atoms with Crippen LogP contribution in [-0.4, -0.2) is 20.0 Å². The lowest BCUT2D eigenvalue weighted by atomic mass is 9.44. The van der Waals surface area contributed by atoms with Gasteiger partial charge in [0.25, 0.3) is 0 Å². The third kappa shape index (κ3) is 4.19. The molecule has 7 rings (SSSR count). The summed E-state index contributed by atoms with van der Waals surface area (Å²) in [5, 5.41) is 11.7. The van der Waals surface area contributed by atoms with Crippen molar-refractivity contribution in [2.75, 3.05) is 0 Å². The third-order valence-electron chi connectivity index (χ3n) is 11.8. The van der Waals surface area contributed by atoms with E-state index in [0.717, 1.165) is 35.8 Å². The maximum atomic E-state index is 4.63. The number of fused-ring (bicyclic) bond motifs is 6. The molecule has 0 aliphatic heterocycles. The Bertz CT molecular complexity index is 1410. The van der Waals surface area contributed by atoms with Crippen molar-refractivity contribution in [1.82, 2.24) is 20.0 Å². The number of allylic oxidation sites excluding steroid dienone is 2. The van der Waals surface area contributed by atoms with Gasteiger partial charge in [0.1, 0.15) is 0 Å². The van der Waals surface area contributed by atoms with Crippen LogP contribution >= 0.6 is 0 Å². The Kier molecular flexibility index (Phi) is 5.89. The summed E-state index contributed by atoms with van der Waals surface area (Å²) in [6.45, 7) is 12.1. The monoisotopic (exact) mass is 522 g/mol. The lowest BCUT2D eigenvalue weighted by Gasteiger charge is -2.61. The second-order valence-corrected chi connectivity index (χ2v) is 15.3. The van der Waals surface area contributed by atoms with E-state index in [2.05, 4.69) is 91.1 Å². The van der Waals surface area contributed by atoms with E-state index in [1.165, 1.54) is 67.7 Å². The smallest absolute Gasteiger partial charge is 0.0832 e. The molecule has 0 spiro atoms. The Morgan fingerprint density at radius 1 is 0.974 bits per heavy atom.